The molecule has 4 rings (SSSR count). The maximum absolute atomic E-state index is 13.0. The van der Waals surface area contributed by atoms with Crippen LogP contribution < -0.4 is 0 Å². The summed E-state index contributed by atoms with van der Waals surface area (Å²) in [4.78, 5) is 9.67. The molecule has 1 aliphatic heterocycles. The van der Waals surface area contributed by atoms with Crippen LogP contribution in [-0.2, 0) is 4.74 Å². The lowest BCUT2D eigenvalue weighted by atomic mass is 10.2. The van der Waals surface area contributed by atoms with Gasteiger partial charge in [0.1, 0.15) is 29.0 Å². The Bertz CT molecular complexity index is 853. The molecular formula is C17H16FN3O2S. The summed E-state index contributed by atoms with van der Waals surface area (Å²) < 4.78 is 20.9. The van der Waals surface area contributed by atoms with E-state index in [1.54, 1.807) is 12.1 Å². The van der Waals surface area contributed by atoms with Gasteiger partial charge in [-0.2, -0.15) is 0 Å². The molecule has 2 atom stereocenters. The first-order valence-electron chi connectivity index (χ1n) is 7.76. The van der Waals surface area contributed by atoms with Crippen molar-refractivity contribution in [3.05, 3.63) is 48.7 Å². The van der Waals surface area contributed by atoms with Gasteiger partial charge in [-0.15, -0.1) is 0 Å². The molecule has 0 saturated carbocycles. The topological polar surface area (TPSA) is 60.2 Å². The molecule has 0 amide bonds. The van der Waals surface area contributed by atoms with Gasteiger partial charge in [-0.1, -0.05) is 11.8 Å². The molecule has 0 bridgehead atoms. The second-order valence-electron chi connectivity index (χ2n) is 5.67. The molecule has 5 nitrogen and oxygen atoms in total. The second kappa shape index (κ2) is 6.51. The minimum absolute atomic E-state index is 0.0380. The molecule has 0 radical (unpaired) electrons. The first kappa shape index (κ1) is 15.6. The fourth-order valence-corrected chi connectivity index (χ4v) is 3.77. The summed E-state index contributed by atoms with van der Waals surface area (Å²) >= 11 is 1.47. The van der Waals surface area contributed by atoms with Gasteiger partial charge in [0, 0.05) is 11.1 Å². The number of hydrogen-bond donors (Lipinski definition) is 1. The molecule has 24 heavy (non-hydrogen) atoms. The molecule has 3 heterocycles. The van der Waals surface area contributed by atoms with Crippen LogP contribution >= 0.6 is 11.8 Å². The summed E-state index contributed by atoms with van der Waals surface area (Å²) in [7, 11) is 0. The van der Waals surface area contributed by atoms with Gasteiger partial charge in [-0.25, -0.2) is 14.4 Å². The number of aliphatic hydroxyl groups excluding tert-OH is 1. The van der Waals surface area contributed by atoms with Gasteiger partial charge in [0.25, 0.3) is 0 Å². The Labute approximate surface area is 142 Å². The van der Waals surface area contributed by atoms with Crippen molar-refractivity contribution in [3.63, 3.8) is 0 Å². The van der Waals surface area contributed by atoms with E-state index in [0.717, 1.165) is 33.8 Å². The molecule has 7 heteroatoms. The minimum atomic E-state index is -0.254. The molecular weight excluding hydrogens is 329 g/mol. The van der Waals surface area contributed by atoms with Crippen LogP contribution in [0.25, 0.3) is 11.0 Å². The number of benzene rings is 1. The van der Waals surface area contributed by atoms with Crippen LogP contribution in [0, 0.1) is 5.82 Å². The molecule has 0 spiro atoms. The fraction of sp³-hybridized carbons (Fsp3) is 0.294. The van der Waals surface area contributed by atoms with E-state index in [0.29, 0.717) is 0 Å². The van der Waals surface area contributed by atoms with E-state index in [-0.39, 0.29) is 24.8 Å². The highest BCUT2D eigenvalue weighted by Gasteiger charge is 2.27. The van der Waals surface area contributed by atoms with Crippen LogP contribution in [0.3, 0.4) is 0 Å². The van der Waals surface area contributed by atoms with Gasteiger partial charge in [-0.05, 0) is 43.2 Å². The van der Waals surface area contributed by atoms with E-state index in [4.69, 9.17) is 4.74 Å². The van der Waals surface area contributed by atoms with Crippen LogP contribution in [-0.4, -0.2) is 32.4 Å². The third-order valence-electron chi connectivity index (χ3n) is 4.10. The highest BCUT2D eigenvalue weighted by atomic mass is 32.2. The van der Waals surface area contributed by atoms with Crippen LogP contribution in [0.4, 0.5) is 4.39 Å². The Balaban J connectivity index is 1.65. The summed E-state index contributed by atoms with van der Waals surface area (Å²) in [6.45, 7) is 0.0380. The molecule has 1 saturated heterocycles. The lowest BCUT2D eigenvalue weighted by molar-refractivity contribution is -0.0204. The smallest absolute Gasteiger partial charge is 0.146 e. The third kappa shape index (κ3) is 2.90. The lowest BCUT2D eigenvalue weighted by Gasteiger charge is -2.14. The largest absolute Gasteiger partial charge is 0.394 e. The van der Waals surface area contributed by atoms with Crippen molar-refractivity contribution in [3.8, 4) is 0 Å². The number of nitrogens with zero attached hydrogens (tertiary/aromatic N) is 3. The first-order valence-corrected chi connectivity index (χ1v) is 8.57. The summed E-state index contributed by atoms with van der Waals surface area (Å²) in [5, 5.41) is 11.0. The number of aromatic nitrogens is 3. The van der Waals surface area contributed by atoms with E-state index in [9.17, 15) is 9.50 Å². The van der Waals surface area contributed by atoms with Crippen molar-refractivity contribution < 1.29 is 14.2 Å². The predicted octanol–water partition coefficient (Wildman–Crippen LogP) is 3.39. The number of ether oxygens (including phenoxy) is 1. The molecule has 1 aromatic carbocycles. The van der Waals surface area contributed by atoms with Gasteiger partial charge < -0.3 is 14.4 Å². The quantitative estimate of drug-likeness (QED) is 0.735. The minimum Gasteiger partial charge on any atom is -0.394 e. The zero-order valence-corrected chi connectivity index (χ0v) is 13.6. The zero-order chi connectivity index (χ0) is 16.5. The summed E-state index contributed by atoms with van der Waals surface area (Å²) in [6.07, 6.45) is 4.94. The number of hydrogen-bond acceptors (Lipinski definition) is 5. The Morgan fingerprint density at radius 2 is 2.04 bits per heavy atom. The number of aliphatic hydroxyl groups is 1. The molecule has 1 N–H and O–H groups in total. The van der Waals surface area contributed by atoms with Crippen LogP contribution in [0.15, 0.2) is 52.8 Å². The van der Waals surface area contributed by atoms with Crippen molar-refractivity contribution >= 4 is 22.8 Å². The number of rotatable bonds is 4. The monoisotopic (exact) mass is 345 g/mol. The van der Waals surface area contributed by atoms with E-state index in [1.165, 1.54) is 30.2 Å². The zero-order valence-electron chi connectivity index (χ0n) is 12.8. The van der Waals surface area contributed by atoms with E-state index >= 15 is 0 Å². The SMILES string of the molecule is OCC1CCC(n2ccc3c(Sc4ccc(F)cc4)ncnc32)O1. The predicted molar refractivity (Wildman–Crippen MR) is 88.3 cm³/mol. The fourth-order valence-electron chi connectivity index (χ4n) is 2.90. The van der Waals surface area contributed by atoms with Gasteiger partial charge in [0.05, 0.1) is 18.1 Å². The molecule has 0 aliphatic carbocycles. The highest BCUT2D eigenvalue weighted by molar-refractivity contribution is 7.99. The maximum atomic E-state index is 13.0. The first-order chi connectivity index (χ1) is 11.7. The number of fused-ring (bicyclic) bond motifs is 1. The van der Waals surface area contributed by atoms with Gasteiger partial charge >= 0.3 is 0 Å². The van der Waals surface area contributed by atoms with Crippen LogP contribution in [0.1, 0.15) is 19.1 Å². The van der Waals surface area contributed by atoms with Crippen molar-refractivity contribution in [2.45, 2.75) is 35.1 Å². The van der Waals surface area contributed by atoms with Gasteiger partial charge in [-0.3, -0.25) is 0 Å². The summed E-state index contributed by atoms with van der Waals surface area (Å²) in [6, 6.07) is 8.31. The molecule has 1 fully saturated rings. The van der Waals surface area contributed by atoms with Crippen LogP contribution in [0.5, 0.6) is 0 Å². The van der Waals surface area contributed by atoms with Gasteiger partial charge in [0.2, 0.25) is 0 Å². The lowest BCUT2D eigenvalue weighted by Crippen LogP contribution is -2.14. The average Bonchev–Trinajstić information content (AvgIpc) is 3.23. The Kier molecular flexibility index (Phi) is 4.22. The van der Waals surface area contributed by atoms with E-state index in [2.05, 4.69) is 9.97 Å². The van der Waals surface area contributed by atoms with Crippen molar-refractivity contribution in [2.24, 2.45) is 0 Å². The molecule has 1 aliphatic rings. The van der Waals surface area contributed by atoms with Crippen LogP contribution in [0.2, 0.25) is 0 Å². The van der Waals surface area contributed by atoms with Gasteiger partial charge in [0.15, 0.2) is 0 Å². The molecule has 2 unspecified atom stereocenters. The third-order valence-corrected chi connectivity index (χ3v) is 5.13. The molecule has 2 aromatic heterocycles. The Morgan fingerprint density at radius 3 is 2.79 bits per heavy atom. The Hall–Kier alpha value is -1.96. The summed E-state index contributed by atoms with van der Waals surface area (Å²) in [5.74, 6) is -0.254. The summed E-state index contributed by atoms with van der Waals surface area (Å²) in [5.41, 5.74) is 0.804. The molecule has 124 valence electrons. The van der Waals surface area contributed by atoms with E-state index < -0.39 is 0 Å². The molecule has 3 aromatic rings. The average molecular weight is 345 g/mol. The Morgan fingerprint density at radius 1 is 1.21 bits per heavy atom. The van der Waals surface area contributed by atoms with Crippen molar-refractivity contribution in [2.75, 3.05) is 6.61 Å². The number of halogens is 1. The maximum Gasteiger partial charge on any atom is 0.146 e. The normalized spacial score (nSPS) is 20.8. The highest BCUT2D eigenvalue weighted by Crippen LogP contribution is 2.35. The van der Waals surface area contributed by atoms with Crippen molar-refractivity contribution in [1.29, 1.82) is 0 Å². The van der Waals surface area contributed by atoms with Crippen molar-refractivity contribution in [1.82, 2.24) is 14.5 Å². The second-order valence-corrected chi connectivity index (χ2v) is 6.73. The van der Waals surface area contributed by atoms with E-state index in [1.807, 2.05) is 16.8 Å². The standard InChI is InChI=1S/C17H16FN3O2S/c18-11-1-4-13(5-2-11)24-17-14-7-8-21(16(14)19-10-20-17)15-6-3-12(9-22)23-15/h1-2,4-5,7-8,10,12,15,22H,3,6,9H2.